The molecule has 0 unspecified atom stereocenters. The summed E-state index contributed by atoms with van der Waals surface area (Å²) in [5.41, 5.74) is 2.01. The highest BCUT2D eigenvalue weighted by Crippen LogP contribution is 2.17. The zero-order valence-electron chi connectivity index (χ0n) is 13.0. The van der Waals surface area contributed by atoms with Crippen LogP contribution in [0.1, 0.15) is 27.9 Å². The molecule has 1 aromatic carbocycles. The first-order valence-electron chi connectivity index (χ1n) is 7.74. The molecule has 1 aliphatic heterocycles. The highest BCUT2D eigenvalue weighted by Gasteiger charge is 2.25. The van der Waals surface area contributed by atoms with Gasteiger partial charge in [0, 0.05) is 37.7 Å². The van der Waals surface area contributed by atoms with Crippen LogP contribution < -0.4 is 0 Å². The minimum absolute atomic E-state index is 0.0688. The van der Waals surface area contributed by atoms with E-state index in [1.165, 1.54) is 17.1 Å². The van der Waals surface area contributed by atoms with E-state index in [2.05, 4.69) is 20.6 Å². The summed E-state index contributed by atoms with van der Waals surface area (Å²) in [4.78, 5) is 17.5. The lowest BCUT2D eigenvalue weighted by atomic mass is 10.2. The van der Waals surface area contributed by atoms with Crippen molar-refractivity contribution in [2.45, 2.75) is 19.9 Å². The van der Waals surface area contributed by atoms with E-state index >= 15 is 0 Å². The molecule has 1 amide bonds. The van der Waals surface area contributed by atoms with E-state index in [1.54, 1.807) is 0 Å². The van der Waals surface area contributed by atoms with Crippen LogP contribution in [0.2, 0.25) is 5.02 Å². The zero-order chi connectivity index (χ0) is 16.2. The van der Waals surface area contributed by atoms with Gasteiger partial charge in [-0.15, -0.1) is 5.10 Å². The van der Waals surface area contributed by atoms with Crippen molar-refractivity contribution < 1.29 is 4.79 Å². The number of piperazine rings is 1. The predicted molar refractivity (Wildman–Crippen MR) is 91.9 cm³/mol. The molecule has 122 valence electrons. The number of amides is 1. The van der Waals surface area contributed by atoms with Gasteiger partial charge in [-0.1, -0.05) is 35.1 Å². The number of nitrogens with zero attached hydrogens (tertiary/aromatic N) is 4. The van der Waals surface area contributed by atoms with Crippen LogP contribution in [0.4, 0.5) is 0 Å². The summed E-state index contributed by atoms with van der Waals surface area (Å²) in [5, 5.41) is 4.79. The lowest BCUT2D eigenvalue weighted by Crippen LogP contribution is -2.48. The summed E-state index contributed by atoms with van der Waals surface area (Å²) in [7, 11) is 0. The largest absolute Gasteiger partial charge is 0.335 e. The number of carbonyl (C=O) groups excluding carboxylic acids is 1. The maximum absolute atomic E-state index is 12.6. The minimum Gasteiger partial charge on any atom is -0.335 e. The standard InChI is InChI=1S/C16H19ClN4OS/c1-2-14-15(23-19-18-14)16(22)21-8-6-20(7-9-21)11-12-4-3-5-13(17)10-12/h3-5,10H,2,6-9,11H2,1H3. The first kappa shape index (κ1) is 16.4. The van der Waals surface area contributed by atoms with E-state index in [9.17, 15) is 4.79 Å². The second kappa shape index (κ2) is 7.38. The van der Waals surface area contributed by atoms with Gasteiger partial charge in [0.15, 0.2) is 0 Å². The summed E-state index contributed by atoms with van der Waals surface area (Å²) >= 11 is 7.23. The second-order valence-electron chi connectivity index (χ2n) is 5.60. The third kappa shape index (κ3) is 3.88. The maximum Gasteiger partial charge on any atom is 0.267 e. The summed E-state index contributed by atoms with van der Waals surface area (Å²) in [6.45, 7) is 6.07. The Bertz CT molecular complexity index is 682. The Balaban J connectivity index is 1.57. The smallest absolute Gasteiger partial charge is 0.267 e. The van der Waals surface area contributed by atoms with Crippen LogP contribution in [0, 0.1) is 0 Å². The molecule has 3 rings (SSSR count). The minimum atomic E-state index is 0.0688. The van der Waals surface area contributed by atoms with Gasteiger partial charge in [0.1, 0.15) is 4.88 Å². The highest BCUT2D eigenvalue weighted by molar-refractivity contribution is 7.08. The Morgan fingerprint density at radius 2 is 2.09 bits per heavy atom. The van der Waals surface area contributed by atoms with Crippen LogP contribution in [0.25, 0.3) is 0 Å². The quantitative estimate of drug-likeness (QED) is 0.850. The molecule has 2 heterocycles. The van der Waals surface area contributed by atoms with E-state index in [4.69, 9.17) is 11.6 Å². The van der Waals surface area contributed by atoms with E-state index in [-0.39, 0.29) is 5.91 Å². The topological polar surface area (TPSA) is 49.3 Å². The van der Waals surface area contributed by atoms with E-state index in [0.717, 1.165) is 49.9 Å². The first-order valence-corrected chi connectivity index (χ1v) is 8.90. The third-order valence-electron chi connectivity index (χ3n) is 4.04. The molecular weight excluding hydrogens is 332 g/mol. The summed E-state index contributed by atoms with van der Waals surface area (Å²) in [6, 6.07) is 7.94. The molecule has 0 bridgehead atoms. The number of aromatic nitrogens is 2. The van der Waals surface area contributed by atoms with Crippen LogP contribution in [-0.4, -0.2) is 51.5 Å². The van der Waals surface area contributed by atoms with E-state index in [0.29, 0.717) is 4.88 Å². The van der Waals surface area contributed by atoms with Crippen molar-refractivity contribution in [3.05, 3.63) is 45.4 Å². The number of hydrogen-bond acceptors (Lipinski definition) is 5. The summed E-state index contributed by atoms with van der Waals surface area (Å²) in [5.74, 6) is 0.0688. The fourth-order valence-electron chi connectivity index (χ4n) is 2.75. The predicted octanol–water partition coefficient (Wildman–Crippen LogP) is 2.71. The molecule has 1 fully saturated rings. The summed E-state index contributed by atoms with van der Waals surface area (Å²) in [6.07, 6.45) is 0.742. The fraction of sp³-hybridized carbons (Fsp3) is 0.438. The van der Waals surface area contributed by atoms with Gasteiger partial charge in [0.2, 0.25) is 0 Å². The van der Waals surface area contributed by atoms with Gasteiger partial charge in [0.05, 0.1) is 5.69 Å². The fourth-order valence-corrected chi connectivity index (χ4v) is 3.68. The van der Waals surface area contributed by atoms with Gasteiger partial charge in [-0.2, -0.15) is 0 Å². The van der Waals surface area contributed by atoms with Crippen molar-refractivity contribution >= 4 is 29.0 Å². The third-order valence-corrected chi connectivity index (χ3v) is 5.03. The lowest BCUT2D eigenvalue weighted by Gasteiger charge is -2.34. The molecular formula is C16H19ClN4OS. The maximum atomic E-state index is 12.6. The van der Waals surface area contributed by atoms with Crippen LogP contribution in [0.15, 0.2) is 24.3 Å². The van der Waals surface area contributed by atoms with E-state index in [1.807, 2.05) is 30.0 Å². The van der Waals surface area contributed by atoms with Crippen LogP contribution in [-0.2, 0) is 13.0 Å². The van der Waals surface area contributed by atoms with Crippen molar-refractivity contribution in [3.63, 3.8) is 0 Å². The van der Waals surface area contributed by atoms with Crippen LogP contribution >= 0.6 is 23.1 Å². The number of carbonyl (C=O) groups is 1. The Kier molecular flexibility index (Phi) is 5.25. The van der Waals surface area contributed by atoms with Gasteiger partial charge >= 0.3 is 0 Å². The number of rotatable bonds is 4. The van der Waals surface area contributed by atoms with Crippen molar-refractivity contribution in [1.29, 1.82) is 0 Å². The van der Waals surface area contributed by atoms with Gasteiger partial charge in [-0.05, 0) is 35.6 Å². The molecule has 2 aromatic rings. The van der Waals surface area contributed by atoms with Crippen molar-refractivity contribution in [2.24, 2.45) is 0 Å². The molecule has 0 radical (unpaired) electrons. The van der Waals surface area contributed by atoms with Crippen LogP contribution in [0.3, 0.4) is 0 Å². The Labute approximate surface area is 145 Å². The summed E-state index contributed by atoms with van der Waals surface area (Å²) < 4.78 is 3.91. The highest BCUT2D eigenvalue weighted by atomic mass is 35.5. The Morgan fingerprint density at radius 3 is 2.78 bits per heavy atom. The molecule has 23 heavy (non-hydrogen) atoms. The molecule has 0 atom stereocenters. The van der Waals surface area contributed by atoms with Gasteiger partial charge in [0.25, 0.3) is 5.91 Å². The first-order chi connectivity index (χ1) is 11.2. The molecule has 1 saturated heterocycles. The molecule has 5 nitrogen and oxygen atoms in total. The molecule has 0 spiro atoms. The van der Waals surface area contributed by atoms with E-state index < -0.39 is 0 Å². The molecule has 0 N–H and O–H groups in total. The van der Waals surface area contributed by atoms with Crippen molar-refractivity contribution in [2.75, 3.05) is 26.2 Å². The number of benzene rings is 1. The Morgan fingerprint density at radius 1 is 1.30 bits per heavy atom. The average molecular weight is 351 g/mol. The molecule has 1 aliphatic rings. The molecule has 0 saturated carbocycles. The van der Waals surface area contributed by atoms with Gasteiger partial charge in [-0.25, -0.2) is 0 Å². The molecule has 7 heteroatoms. The molecule has 1 aromatic heterocycles. The SMILES string of the molecule is CCc1nnsc1C(=O)N1CCN(Cc2cccc(Cl)c2)CC1. The number of aryl methyl sites for hydroxylation is 1. The lowest BCUT2D eigenvalue weighted by molar-refractivity contribution is 0.0632. The van der Waals surface area contributed by atoms with Gasteiger partial charge in [-0.3, -0.25) is 9.69 Å². The monoisotopic (exact) mass is 350 g/mol. The zero-order valence-corrected chi connectivity index (χ0v) is 14.6. The Hall–Kier alpha value is -1.50. The van der Waals surface area contributed by atoms with Crippen LogP contribution in [0.5, 0.6) is 0 Å². The van der Waals surface area contributed by atoms with Gasteiger partial charge < -0.3 is 4.90 Å². The van der Waals surface area contributed by atoms with Crippen molar-refractivity contribution in [1.82, 2.24) is 19.4 Å². The molecule has 0 aliphatic carbocycles. The average Bonchev–Trinajstić information content (AvgIpc) is 3.03. The second-order valence-corrected chi connectivity index (χ2v) is 6.79. The number of hydrogen-bond donors (Lipinski definition) is 0. The number of halogens is 1. The van der Waals surface area contributed by atoms with Crippen molar-refractivity contribution in [3.8, 4) is 0 Å². The normalized spacial score (nSPS) is 15.8.